The molecule has 0 radical (unpaired) electrons. The Morgan fingerprint density at radius 1 is 1.13 bits per heavy atom. The van der Waals surface area contributed by atoms with Crippen molar-refractivity contribution in [2.45, 2.75) is 12.8 Å². The van der Waals surface area contributed by atoms with Gasteiger partial charge in [-0.1, -0.05) is 47.1 Å². The molecule has 1 unspecified atom stereocenters. The van der Waals surface area contributed by atoms with Crippen molar-refractivity contribution < 1.29 is 5.11 Å². The molecule has 0 amide bonds. The van der Waals surface area contributed by atoms with E-state index in [4.69, 9.17) is 5.11 Å². The van der Waals surface area contributed by atoms with E-state index in [9.17, 15) is 0 Å². The Hall–Kier alpha value is -0.860. The van der Waals surface area contributed by atoms with Crippen LogP contribution in [-0.4, -0.2) is 11.7 Å². The summed E-state index contributed by atoms with van der Waals surface area (Å²) in [5.41, 5.74) is 1.19. The molecule has 0 aliphatic heterocycles. The van der Waals surface area contributed by atoms with E-state index in [1.54, 1.807) is 0 Å². The maximum atomic E-state index is 9.10. The van der Waals surface area contributed by atoms with Gasteiger partial charge < -0.3 is 5.11 Å². The van der Waals surface area contributed by atoms with Gasteiger partial charge in [-0.25, -0.2) is 0 Å². The summed E-state index contributed by atoms with van der Waals surface area (Å²) in [7, 11) is 0. The van der Waals surface area contributed by atoms with Crippen LogP contribution >= 0.6 is 15.9 Å². The van der Waals surface area contributed by atoms with Gasteiger partial charge in [0, 0.05) is 17.0 Å². The van der Waals surface area contributed by atoms with Gasteiger partial charge >= 0.3 is 0 Å². The number of fused-ring (bicyclic) bond motifs is 1. The minimum absolute atomic E-state index is 0.196. The van der Waals surface area contributed by atoms with Crippen LogP contribution in [0.15, 0.2) is 40.9 Å². The summed E-state index contributed by atoms with van der Waals surface area (Å²) in [6.07, 6.45) is 0. The zero-order chi connectivity index (χ0) is 10.8. The molecule has 15 heavy (non-hydrogen) atoms. The number of rotatable bonds is 2. The smallest absolute Gasteiger partial charge is 0.0497 e. The Kier molecular flexibility index (Phi) is 3.08. The van der Waals surface area contributed by atoms with Gasteiger partial charge in [0.1, 0.15) is 0 Å². The van der Waals surface area contributed by atoms with Crippen molar-refractivity contribution in [3.05, 3.63) is 46.4 Å². The third-order valence-electron chi connectivity index (χ3n) is 2.67. The SMILES string of the molecule is CC(CO)c1ccc2cc(Br)ccc2c1. The van der Waals surface area contributed by atoms with Crippen molar-refractivity contribution in [3.8, 4) is 0 Å². The maximum absolute atomic E-state index is 9.10. The van der Waals surface area contributed by atoms with Crippen molar-refractivity contribution in [1.29, 1.82) is 0 Å². The van der Waals surface area contributed by atoms with Crippen LogP contribution in [0, 0.1) is 0 Å². The Morgan fingerprint density at radius 3 is 2.53 bits per heavy atom. The monoisotopic (exact) mass is 264 g/mol. The molecule has 0 saturated carbocycles. The van der Waals surface area contributed by atoms with Crippen LogP contribution < -0.4 is 0 Å². The molecule has 0 heterocycles. The van der Waals surface area contributed by atoms with Crippen LogP contribution in [0.2, 0.25) is 0 Å². The van der Waals surface area contributed by atoms with Crippen LogP contribution in [0.1, 0.15) is 18.4 Å². The van der Waals surface area contributed by atoms with E-state index in [-0.39, 0.29) is 12.5 Å². The lowest BCUT2D eigenvalue weighted by atomic mass is 9.99. The summed E-state index contributed by atoms with van der Waals surface area (Å²) in [5.74, 6) is 0.207. The summed E-state index contributed by atoms with van der Waals surface area (Å²) in [5, 5.41) is 11.5. The lowest BCUT2D eigenvalue weighted by Crippen LogP contribution is -1.98. The second-order valence-corrected chi connectivity index (χ2v) is 4.75. The second-order valence-electron chi connectivity index (χ2n) is 3.83. The molecule has 0 aliphatic rings. The highest BCUT2D eigenvalue weighted by Gasteiger charge is 2.04. The van der Waals surface area contributed by atoms with Crippen LogP contribution in [0.5, 0.6) is 0 Å². The van der Waals surface area contributed by atoms with Crippen molar-refractivity contribution in [1.82, 2.24) is 0 Å². The highest BCUT2D eigenvalue weighted by molar-refractivity contribution is 9.10. The summed E-state index contributed by atoms with van der Waals surface area (Å²) >= 11 is 3.45. The summed E-state index contributed by atoms with van der Waals surface area (Å²) in [6.45, 7) is 2.22. The van der Waals surface area contributed by atoms with E-state index in [2.05, 4.69) is 46.3 Å². The molecule has 2 aromatic carbocycles. The zero-order valence-corrected chi connectivity index (χ0v) is 10.2. The Labute approximate surface area is 97.9 Å². The van der Waals surface area contributed by atoms with Crippen molar-refractivity contribution in [3.63, 3.8) is 0 Å². The predicted octanol–water partition coefficient (Wildman–Crippen LogP) is 3.70. The van der Waals surface area contributed by atoms with Crippen LogP contribution in [0.4, 0.5) is 0 Å². The first-order chi connectivity index (χ1) is 7.20. The number of halogens is 1. The van der Waals surface area contributed by atoms with Gasteiger partial charge in [0.05, 0.1) is 0 Å². The Bertz CT molecular complexity index is 479. The molecular weight excluding hydrogens is 252 g/mol. The molecule has 0 bridgehead atoms. The van der Waals surface area contributed by atoms with Gasteiger partial charge in [-0.05, 0) is 28.5 Å². The predicted molar refractivity (Wildman–Crippen MR) is 67.1 cm³/mol. The maximum Gasteiger partial charge on any atom is 0.0497 e. The van der Waals surface area contributed by atoms with Gasteiger partial charge in [-0.2, -0.15) is 0 Å². The largest absolute Gasteiger partial charge is 0.396 e. The fourth-order valence-corrected chi connectivity index (χ4v) is 2.03. The van der Waals surface area contributed by atoms with Gasteiger partial charge in [-0.3, -0.25) is 0 Å². The van der Waals surface area contributed by atoms with Crippen LogP contribution in [0.25, 0.3) is 10.8 Å². The average molecular weight is 265 g/mol. The van der Waals surface area contributed by atoms with E-state index < -0.39 is 0 Å². The molecule has 1 nitrogen and oxygen atoms in total. The van der Waals surface area contributed by atoms with Crippen LogP contribution in [-0.2, 0) is 0 Å². The first-order valence-electron chi connectivity index (χ1n) is 5.01. The van der Waals surface area contributed by atoms with Crippen molar-refractivity contribution in [2.24, 2.45) is 0 Å². The molecule has 0 spiro atoms. The van der Waals surface area contributed by atoms with Gasteiger partial charge in [0.2, 0.25) is 0 Å². The molecule has 2 heteroatoms. The van der Waals surface area contributed by atoms with E-state index >= 15 is 0 Å². The number of benzene rings is 2. The standard InChI is InChI=1S/C13H13BrO/c1-9(8-15)10-2-3-12-7-13(14)5-4-11(12)6-10/h2-7,9,15H,8H2,1H3. The van der Waals surface area contributed by atoms with Gasteiger partial charge in [0.25, 0.3) is 0 Å². The molecule has 0 fully saturated rings. The highest BCUT2D eigenvalue weighted by atomic mass is 79.9. The molecular formula is C13H13BrO. The topological polar surface area (TPSA) is 20.2 Å². The number of aliphatic hydroxyl groups is 1. The molecule has 0 saturated heterocycles. The molecule has 1 atom stereocenters. The number of hydrogen-bond acceptors (Lipinski definition) is 1. The average Bonchev–Trinajstić information content (AvgIpc) is 2.27. The summed E-state index contributed by atoms with van der Waals surface area (Å²) in [6, 6.07) is 12.5. The normalized spacial score (nSPS) is 13.0. The highest BCUT2D eigenvalue weighted by Crippen LogP contribution is 2.24. The van der Waals surface area contributed by atoms with Crippen molar-refractivity contribution in [2.75, 3.05) is 6.61 Å². The molecule has 1 N–H and O–H groups in total. The number of hydrogen-bond donors (Lipinski definition) is 1. The summed E-state index contributed by atoms with van der Waals surface area (Å²) in [4.78, 5) is 0. The molecule has 78 valence electrons. The third kappa shape index (κ3) is 2.21. The van der Waals surface area contributed by atoms with E-state index in [1.165, 1.54) is 16.3 Å². The van der Waals surface area contributed by atoms with Crippen LogP contribution in [0.3, 0.4) is 0 Å². The minimum Gasteiger partial charge on any atom is -0.396 e. The zero-order valence-electron chi connectivity index (χ0n) is 8.57. The lowest BCUT2D eigenvalue weighted by Gasteiger charge is -2.09. The summed E-state index contributed by atoms with van der Waals surface area (Å²) < 4.78 is 1.10. The molecule has 2 aromatic rings. The van der Waals surface area contributed by atoms with Crippen molar-refractivity contribution >= 4 is 26.7 Å². The van der Waals surface area contributed by atoms with Gasteiger partial charge in [-0.15, -0.1) is 0 Å². The Balaban J connectivity index is 2.52. The minimum atomic E-state index is 0.196. The van der Waals surface area contributed by atoms with E-state index in [0.717, 1.165) is 4.47 Å². The fraction of sp³-hybridized carbons (Fsp3) is 0.231. The van der Waals surface area contributed by atoms with Gasteiger partial charge in [0.15, 0.2) is 0 Å². The third-order valence-corrected chi connectivity index (χ3v) is 3.16. The van der Waals surface area contributed by atoms with E-state index in [1.807, 2.05) is 13.0 Å². The molecule has 0 aliphatic carbocycles. The lowest BCUT2D eigenvalue weighted by molar-refractivity contribution is 0.273. The Morgan fingerprint density at radius 2 is 1.80 bits per heavy atom. The molecule has 0 aromatic heterocycles. The fourth-order valence-electron chi connectivity index (χ4n) is 1.65. The first-order valence-corrected chi connectivity index (χ1v) is 5.80. The first kappa shape index (κ1) is 10.7. The quantitative estimate of drug-likeness (QED) is 0.877. The molecule has 2 rings (SSSR count). The second kappa shape index (κ2) is 4.33. The number of aliphatic hydroxyl groups excluding tert-OH is 1. The van der Waals surface area contributed by atoms with E-state index in [0.29, 0.717) is 0 Å².